The number of halogens is 3. The molecule has 1 aromatic heterocycles. The zero-order chi connectivity index (χ0) is 16.3. The van der Waals surface area contributed by atoms with Gasteiger partial charge >= 0.3 is 6.18 Å². The van der Waals surface area contributed by atoms with E-state index >= 15 is 0 Å². The van der Waals surface area contributed by atoms with E-state index in [1.54, 1.807) is 0 Å². The van der Waals surface area contributed by atoms with Gasteiger partial charge in [-0.25, -0.2) is 8.42 Å². The summed E-state index contributed by atoms with van der Waals surface area (Å²) in [6.45, 7) is 3.63. The predicted molar refractivity (Wildman–Crippen MR) is 71.2 cm³/mol. The molecule has 122 valence electrons. The van der Waals surface area contributed by atoms with E-state index in [-0.39, 0.29) is 29.4 Å². The Morgan fingerprint density at radius 1 is 1.33 bits per heavy atom. The highest BCUT2D eigenvalue weighted by Gasteiger charge is 2.38. The SMILES string of the molecule is CCNCc1n[nH]c(C)c1S(=O)(=O)N(CC)CC(F)(F)F. The van der Waals surface area contributed by atoms with Crippen molar-refractivity contribution in [2.75, 3.05) is 19.6 Å². The topological polar surface area (TPSA) is 78.1 Å². The number of hydrogen-bond acceptors (Lipinski definition) is 4. The minimum Gasteiger partial charge on any atom is -0.311 e. The Hall–Kier alpha value is -1.13. The van der Waals surface area contributed by atoms with Crippen LogP contribution in [0.4, 0.5) is 13.2 Å². The molecule has 6 nitrogen and oxygen atoms in total. The fourth-order valence-corrected chi connectivity index (χ4v) is 3.63. The van der Waals surface area contributed by atoms with E-state index in [9.17, 15) is 21.6 Å². The zero-order valence-corrected chi connectivity index (χ0v) is 12.9. The van der Waals surface area contributed by atoms with Crippen LogP contribution in [-0.2, 0) is 16.6 Å². The van der Waals surface area contributed by atoms with E-state index in [4.69, 9.17) is 0 Å². The first-order valence-electron chi connectivity index (χ1n) is 6.45. The Kier molecular flexibility index (Phi) is 5.76. The predicted octanol–water partition coefficient (Wildman–Crippen LogP) is 1.40. The summed E-state index contributed by atoms with van der Waals surface area (Å²) in [5.41, 5.74) is 0.415. The van der Waals surface area contributed by atoms with Gasteiger partial charge in [0, 0.05) is 13.1 Å². The Morgan fingerprint density at radius 3 is 2.43 bits per heavy atom. The molecule has 0 aliphatic carbocycles. The maximum atomic E-state index is 12.5. The van der Waals surface area contributed by atoms with Crippen LogP contribution in [0.3, 0.4) is 0 Å². The van der Waals surface area contributed by atoms with Crippen LogP contribution in [-0.4, -0.2) is 48.7 Å². The highest BCUT2D eigenvalue weighted by Crippen LogP contribution is 2.25. The summed E-state index contributed by atoms with van der Waals surface area (Å²) >= 11 is 0. The molecule has 1 aromatic rings. The molecule has 0 spiro atoms. The molecule has 0 unspecified atom stereocenters. The second kappa shape index (κ2) is 6.75. The first-order chi connectivity index (χ1) is 9.63. The fraction of sp³-hybridized carbons (Fsp3) is 0.727. The average Bonchev–Trinajstić information content (AvgIpc) is 2.74. The minimum atomic E-state index is -4.59. The lowest BCUT2D eigenvalue weighted by molar-refractivity contribution is -0.135. The van der Waals surface area contributed by atoms with Crippen molar-refractivity contribution in [3.63, 3.8) is 0 Å². The molecular formula is C11H19F3N4O2S. The van der Waals surface area contributed by atoms with E-state index in [2.05, 4.69) is 15.5 Å². The summed E-state index contributed by atoms with van der Waals surface area (Å²) in [5, 5.41) is 9.28. The minimum absolute atomic E-state index is 0.166. The second-order valence-electron chi connectivity index (χ2n) is 4.45. The molecule has 0 atom stereocenters. The van der Waals surface area contributed by atoms with Crippen molar-refractivity contribution in [1.29, 1.82) is 0 Å². The van der Waals surface area contributed by atoms with Gasteiger partial charge < -0.3 is 5.32 Å². The highest BCUT2D eigenvalue weighted by molar-refractivity contribution is 7.89. The summed E-state index contributed by atoms with van der Waals surface area (Å²) in [6.07, 6.45) is -4.59. The van der Waals surface area contributed by atoms with E-state index < -0.39 is 22.7 Å². The van der Waals surface area contributed by atoms with Gasteiger partial charge in [0.15, 0.2) is 0 Å². The number of sulfonamides is 1. The van der Waals surface area contributed by atoms with Gasteiger partial charge in [-0.15, -0.1) is 0 Å². The van der Waals surface area contributed by atoms with Gasteiger partial charge in [0.25, 0.3) is 0 Å². The summed E-state index contributed by atoms with van der Waals surface area (Å²) in [4.78, 5) is -0.186. The van der Waals surface area contributed by atoms with Crippen molar-refractivity contribution < 1.29 is 21.6 Å². The fourth-order valence-electron chi connectivity index (χ4n) is 1.87. The van der Waals surface area contributed by atoms with Crippen LogP contribution in [0.25, 0.3) is 0 Å². The molecular weight excluding hydrogens is 309 g/mol. The number of aryl methyl sites for hydroxylation is 1. The van der Waals surface area contributed by atoms with Crippen LogP contribution in [0.1, 0.15) is 25.2 Å². The summed E-state index contributed by atoms with van der Waals surface area (Å²) in [6, 6.07) is 0. The van der Waals surface area contributed by atoms with Crippen molar-refractivity contribution in [3.8, 4) is 0 Å². The van der Waals surface area contributed by atoms with Gasteiger partial charge in [-0.1, -0.05) is 13.8 Å². The van der Waals surface area contributed by atoms with Crippen LogP contribution < -0.4 is 5.32 Å². The molecule has 0 aliphatic heterocycles. The lowest BCUT2D eigenvalue weighted by atomic mass is 10.3. The number of hydrogen-bond donors (Lipinski definition) is 2. The maximum absolute atomic E-state index is 12.5. The summed E-state index contributed by atoms with van der Waals surface area (Å²) in [7, 11) is -4.25. The molecule has 0 amide bonds. The van der Waals surface area contributed by atoms with Crippen LogP contribution in [0.2, 0.25) is 0 Å². The third-order valence-corrected chi connectivity index (χ3v) is 4.93. The van der Waals surface area contributed by atoms with E-state index in [1.807, 2.05) is 6.92 Å². The molecule has 21 heavy (non-hydrogen) atoms. The van der Waals surface area contributed by atoms with Gasteiger partial charge in [0.1, 0.15) is 11.4 Å². The summed E-state index contributed by atoms with van der Waals surface area (Å²) in [5.74, 6) is 0. The average molecular weight is 328 g/mol. The monoisotopic (exact) mass is 328 g/mol. The number of aromatic amines is 1. The Morgan fingerprint density at radius 2 is 1.95 bits per heavy atom. The molecule has 0 radical (unpaired) electrons. The smallest absolute Gasteiger partial charge is 0.311 e. The van der Waals surface area contributed by atoms with E-state index in [0.717, 1.165) is 0 Å². The Labute approximate surface area is 121 Å². The molecule has 0 fully saturated rings. The van der Waals surface area contributed by atoms with Crippen LogP contribution >= 0.6 is 0 Å². The quantitative estimate of drug-likeness (QED) is 0.793. The van der Waals surface area contributed by atoms with E-state index in [0.29, 0.717) is 10.8 Å². The van der Waals surface area contributed by atoms with Crippen molar-refractivity contribution >= 4 is 10.0 Å². The molecule has 2 N–H and O–H groups in total. The van der Waals surface area contributed by atoms with Crippen molar-refractivity contribution in [1.82, 2.24) is 19.8 Å². The largest absolute Gasteiger partial charge is 0.402 e. The highest BCUT2D eigenvalue weighted by atomic mass is 32.2. The van der Waals surface area contributed by atoms with Crippen molar-refractivity contribution in [2.24, 2.45) is 0 Å². The first-order valence-corrected chi connectivity index (χ1v) is 7.89. The second-order valence-corrected chi connectivity index (χ2v) is 6.33. The van der Waals surface area contributed by atoms with Crippen molar-refractivity contribution in [3.05, 3.63) is 11.4 Å². The number of alkyl halides is 3. The van der Waals surface area contributed by atoms with Crippen molar-refractivity contribution in [2.45, 2.75) is 38.4 Å². The number of nitrogens with one attached hydrogen (secondary N) is 2. The standard InChI is InChI=1S/C11H19F3N4O2S/c1-4-15-6-9-10(8(3)16-17-9)21(19,20)18(5-2)7-11(12,13)14/h15H,4-7H2,1-3H3,(H,16,17). The third-order valence-electron chi connectivity index (χ3n) is 2.81. The normalized spacial score (nSPS) is 13.1. The van der Waals surface area contributed by atoms with Gasteiger partial charge in [-0.3, -0.25) is 5.10 Å². The number of nitrogens with zero attached hydrogens (tertiary/aromatic N) is 2. The van der Waals surface area contributed by atoms with Gasteiger partial charge in [0.05, 0.1) is 11.4 Å². The molecule has 0 aliphatic rings. The van der Waals surface area contributed by atoms with Crippen LogP contribution in [0, 0.1) is 6.92 Å². The number of aromatic nitrogens is 2. The molecule has 0 bridgehead atoms. The molecule has 0 saturated heterocycles. The van der Waals surface area contributed by atoms with Crippen LogP contribution in [0.5, 0.6) is 0 Å². The Bertz CT molecular complexity index is 569. The number of H-pyrrole nitrogens is 1. The zero-order valence-electron chi connectivity index (χ0n) is 12.1. The molecule has 0 saturated carbocycles. The number of rotatable bonds is 7. The van der Waals surface area contributed by atoms with Gasteiger partial charge in [-0.2, -0.15) is 22.6 Å². The lowest BCUT2D eigenvalue weighted by Crippen LogP contribution is -2.39. The van der Waals surface area contributed by atoms with Crippen LogP contribution in [0.15, 0.2) is 4.90 Å². The third kappa shape index (κ3) is 4.42. The molecule has 1 rings (SSSR count). The van der Waals surface area contributed by atoms with E-state index in [1.165, 1.54) is 13.8 Å². The Balaban J connectivity index is 3.19. The molecule has 10 heteroatoms. The summed E-state index contributed by atoms with van der Waals surface area (Å²) < 4.78 is 62.9. The maximum Gasteiger partial charge on any atom is 0.402 e. The molecule has 0 aromatic carbocycles. The van der Waals surface area contributed by atoms with Gasteiger partial charge in [-0.05, 0) is 13.5 Å². The molecule has 1 heterocycles. The van der Waals surface area contributed by atoms with Gasteiger partial charge in [0.2, 0.25) is 10.0 Å². The first kappa shape index (κ1) is 17.9. The lowest BCUT2D eigenvalue weighted by Gasteiger charge is -2.22.